The first-order valence-corrected chi connectivity index (χ1v) is 5.90. The lowest BCUT2D eigenvalue weighted by atomic mass is 10.1. The first-order valence-electron chi connectivity index (χ1n) is 5.90. The van der Waals surface area contributed by atoms with Crippen molar-refractivity contribution in [3.63, 3.8) is 0 Å². The van der Waals surface area contributed by atoms with Crippen molar-refractivity contribution < 1.29 is 14.7 Å². The zero-order chi connectivity index (χ0) is 11.8. The first kappa shape index (κ1) is 13.0. The summed E-state index contributed by atoms with van der Waals surface area (Å²) in [5, 5.41) is 14.5. The van der Waals surface area contributed by atoms with Crippen LogP contribution in [0.5, 0.6) is 0 Å². The van der Waals surface area contributed by atoms with E-state index in [1.54, 1.807) is 0 Å². The third-order valence-corrected chi connectivity index (χ3v) is 2.73. The molecule has 1 atom stereocenters. The largest absolute Gasteiger partial charge is 0.481 e. The Hall–Kier alpha value is -1.10. The van der Waals surface area contributed by atoms with E-state index in [4.69, 9.17) is 5.11 Å². The number of hydrogen-bond acceptors (Lipinski definition) is 3. The van der Waals surface area contributed by atoms with Gasteiger partial charge in [-0.1, -0.05) is 0 Å². The van der Waals surface area contributed by atoms with Gasteiger partial charge in [-0.2, -0.15) is 0 Å². The Bertz CT molecular complexity index is 237. The van der Waals surface area contributed by atoms with E-state index in [9.17, 15) is 9.59 Å². The van der Waals surface area contributed by atoms with Gasteiger partial charge in [0.2, 0.25) is 5.91 Å². The van der Waals surface area contributed by atoms with Gasteiger partial charge in [-0.3, -0.25) is 9.59 Å². The van der Waals surface area contributed by atoms with Gasteiger partial charge in [0.1, 0.15) is 0 Å². The van der Waals surface area contributed by atoms with Crippen LogP contribution < -0.4 is 10.6 Å². The predicted octanol–water partition coefficient (Wildman–Crippen LogP) is 0.500. The van der Waals surface area contributed by atoms with Gasteiger partial charge in [0.25, 0.3) is 0 Å². The van der Waals surface area contributed by atoms with Gasteiger partial charge in [-0.25, -0.2) is 0 Å². The van der Waals surface area contributed by atoms with Gasteiger partial charge >= 0.3 is 5.97 Å². The quantitative estimate of drug-likeness (QED) is 0.554. The Morgan fingerprint density at radius 3 is 2.81 bits per heavy atom. The number of carbonyl (C=O) groups excluding carboxylic acids is 1. The van der Waals surface area contributed by atoms with E-state index in [2.05, 4.69) is 10.6 Å². The average Bonchev–Trinajstić information content (AvgIpc) is 2.69. The second kappa shape index (κ2) is 7.22. The lowest BCUT2D eigenvalue weighted by molar-refractivity contribution is -0.137. The predicted molar refractivity (Wildman–Crippen MR) is 60.1 cm³/mol. The topological polar surface area (TPSA) is 78.4 Å². The van der Waals surface area contributed by atoms with Crippen LogP contribution in [0.4, 0.5) is 0 Å². The molecule has 0 aromatic carbocycles. The molecule has 16 heavy (non-hydrogen) atoms. The van der Waals surface area contributed by atoms with Crippen molar-refractivity contribution in [2.75, 3.05) is 13.1 Å². The molecule has 1 aliphatic rings. The second-order valence-electron chi connectivity index (χ2n) is 4.20. The Balaban J connectivity index is 1.95. The lowest BCUT2D eigenvalue weighted by Crippen LogP contribution is -2.32. The molecular formula is C11H20N2O3. The van der Waals surface area contributed by atoms with Gasteiger partial charge in [-0.05, 0) is 32.2 Å². The molecule has 0 spiro atoms. The summed E-state index contributed by atoms with van der Waals surface area (Å²) in [6.07, 6.45) is 4.30. The number of rotatable bonds is 7. The average molecular weight is 228 g/mol. The number of carboxylic acids is 1. The molecule has 3 N–H and O–H groups in total. The second-order valence-corrected chi connectivity index (χ2v) is 4.20. The van der Waals surface area contributed by atoms with Crippen molar-refractivity contribution in [3.05, 3.63) is 0 Å². The van der Waals surface area contributed by atoms with E-state index >= 15 is 0 Å². The number of amides is 1. The number of hydrogen-bond donors (Lipinski definition) is 3. The molecule has 92 valence electrons. The number of aliphatic carboxylic acids is 1. The van der Waals surface area contributed by atoms with Crippen molar-refractivity contribution in [3.8, 4) is 0 Å². The number of carbonyl (C=O) groups is 2. The molecule has 1 fully saturated rings. The minimum absolute atomic E-state index is 0.0646. The van der Waals surface area contributed by atoms with E-state index in [1.165, 1.54) is 0 Å². The molecule has 1 saturated heterocycles. The first-order chi connectivity index (χ1) is 7.68. The van der Waals surface area contributed by atoms with E-state index in [0.717, 1.165) is 25.8 Å². The highest BCUT2D eigenvalue weighted by Crippen LogP contribution is 2.08. The Morgan fingerprint density at radius 2 is 2.19 bits per heavy atom. The fourth-order valence-corrected chi connectivity index (χ4v) is 1.86. The summed E-state index contributed by atoms with van der Waals surface area (Å²) in [5.41, 5.74) is 0. The summed E-state index contributed by atoms with van der Waals surface area (Å²) >= 11 is 0. The van der Waals surface area contributed by atoms with Gasteiger partial charge in [0.15, 0.2) is 0 Å². The highest BCUT2D eigenvalue weighted by molar-refractivity contribution is 5.76. The summed E-state index contributed by atoms with van der Waals surface area (Å²) < 4.78 is 0. The fraction of sp³-hybridized carbons (Fsp3) is 0.818. The van der Waals surface area contributed by atoms with Crippen LogP contribution in [0, 0.1) is 0 Å². The number of nitrogens with one attached hydrogen (secondary N) is 2. The highest BCUT2D eigenvalue weighted by atomic mass is 16.4. The Kier molecular flexibility index (Phi) is 5.85. The summed E-state index contributed by atoms with van der Waals surface area (Å²) in [5.74, 6) is -0.712. The number of unbranched alkanes of at least 4 members (excludes halogenated alkanes) is 1. The van der Waals surface area contributed by atoms with Crippen LogP contribution >= 0.6 is 0 Å². The van der Waals surface area contributed by atoms with E-state index in [1.807, 2.05) is 0 Å². The smallest absolute Gasteiger partial charge is 0.303 e. The lowest BCUT2D eigenvalue weighted by Gasteiger charge is -2.09. The maximum Gasteiger partial charge on any atom is 0.303 e. The van der Waals surface area contributed by atoms with Crippen LogP contribution in [0.3, 0.4) is 0 Å². The maximum atomic E-state index is 11.4. The molecule has 1 unspecified atom stereocenters. The number of carboxylic acid groups (broad SMARTS) is 1. The maximum absolute atomic E-state index is 11.4. The zero-order valence-corrected chi connectivity index (χ0v) is 9.50. The molecule has 1 heterocycles. The molecule has 0 aliphatic carbocycles. The molecule has 1 aliphatic heterocycles. The van der Waals surface area contributed by atoms with E-state index in [-0.39, 0.29) is 12.3 Å². The summed E-state index contributed by atoms with van der Waals surface area (Å²) in [4.78, 5) is 21.7. The zero-order valence-electron chi connectivity index (χ0n) is 9.50. The molecule has 0 radical (unpaired) electrons. The van der Waals surface area contributed by atoms with Crippen LogP contribution in [-0.4, -0.2) is 36.1 Å². The molecule has 1 amide bonds. The van der Waals surface area contributed by atoms with Crippen LogP contribution in [0.25, 0.3) is 0 Å². The molecule has 1 rings (SSSR count). The molecule has 0 aromatic rings. The third-order valence-electron chi connectivity index (χ3n) is 2.73. The van der Waals surface area contributed by atoms with Gasteiger partial charge in [0, 0.05) is 25.4 Å². The molecular weight excluding hydrogens is 208 g/mol. The van der Waals surface area contributed by atoms with Gasteiger partial charge in [-0.15, -0.1) is 0 Å². The molecule has 0 bridgehead atoms. The third kappa shape index (κ3) is 5.70. The van der Waals surface area contributed by atoms with Crippen molar-refractivity contribution in [2.45, 2.75) is 44.6 Å². The Labute approximate surface area is 95.6 Å². The minimum atomic E-state index is -0.776. The normalized spacial score (nSPS) is 19.6. The highest BCUT2D eigenvalue weighted by Gasteiger charge is 2.16. The minimum Gasteiger partial charge on any atom is -0.481 e. The molecule has 5 nitrogen and oxygen atoms in total. The SMILES string of the molecule is O=C(O)CCCCNC(=O)CC1CCCN1. The summed E-state index contributed by atoms with van der Waals surface area (Å²) in [6.45, 7) is 1.59. The van der Waals surface area contributed by atoms with Crippen molar-refractivity contribution in [2.24, 2.45) is 0 Å². The van der Waals surface area contributed by atoms with Crippen molar-refractivity contribution >= 4 is 11.9 Å². The molecule has 0 saturated carbocycles. The standard InChI is InChI=1S/C11H20N2O3/c14-10(8-9-4-3-7-12-9)13-6-2-1-5-11(15)16/h9,12H,1-8H2,(H,13,14)(H,15,16). The van der Waals surface area contributed by atoms with Crippen molar-refractivity contribution in [1.82, 2.24) is 10.6 Å². The van der Waals surface area contributed by atoms with Crippen LogP contribution in [0.2, 0.25) is 0 Å². The summed E-state index contributed by atoms with van der Waals surface area (Å²) in [6, 6.07) is 0.332. The van der Waals surface area contributed by atoms with E-state index < -0.39 is 5.97 Å². The van der Waals surface area contributed by atoms with Gasteiger partial charge < -0.3 is 15.7 Å². The van der Waals surface area contributed by atoms with Crippen LogP contribution in [0.1, 0.15) is 38.5 Å². The van der Waals surface area contributed by atoms with Crippen molar-refractivity contribution in [1.29, 1.82) is 0 Å². The van der Waals surface area contributed by atoms with Crippen LogP contribution in [0.15, 0.2) is 0 Å². The van der Waals surface area contributed by atoms with Gasteiger partial charge in [0.05, 0.1) is 0 Å². The Morgan fingerprint density at radius 1 is 1.38 bits per heavy atom. The monoisotopic (exact) mass is 228 g/mol. The summed E-state index contributed by atoms with van der Waals surface area (Å²) in [7, 11) is 0. The molecule has 0 aromatic heterocycles. The fourth-order valence-electron chi connectivity index (χ4n) is 1.86. The molecule has 5 heteroatoms. The van der Waals surface area contributed by atoms with Crippen LogP contribution in [-0.2, 0) is 9.59 Å². The van der Waals surface area contributed by atoms with E-state index in [0.29, 0.717) is 25.4 Å².